The van der Waals surface area contributed by atoms with Gasteiger partial charge in [-0.05, 0) is 34.1 Å². The van der Waals surface area contributed by atoms with E-state index in [0.717, 1.165) is 12.8 Å². The topological polar surface area (TPSA) is 52.3 Å². The third kappa shape index (κ3) is 4.52. The lowest BCUT2D eigenvalue weighted by molar-refractivity contribution is -0.157. The van der Waals surface area contributed by atoms with Crippen molar-refractivity contribution in [3.8, 4) is 0 Å². The van der Waals surface area contributed by atoms with E-state index in [9.17, 15) is 4.79 Å². The molecule has 0 heterocycles. The molecule has 3 nitrogen and oxygen atoms in total. The number of esters is 1. The molecule has 0 aromatic rings. The zero-order valence-corrected chi connectivity index (χ0v) is 11.4. The number of carbonyl (C=O) groups is 1. The van der Waals surface area contributed by atoms with Gasteiger partial charge in [-0.25, -0.2) is 0 Å². The van der Waals surface area contributed by atoms with Crippen LogP contribution in [0.5, 0.6) is 0 Å². The van der Waals surface area contributed by atoms with Crippen LogP contribution >= 0.6 is 0 Å². The Morgan fingerprint density at radius 3 is 2.12 bits per heavy atom. The van der Waals surface area contributed by atoms with Crippen LogP contribution in [-0.2, 0) is 9.53 Å². The Labute approximate surface area is 99.7 Å². The number of hydrogen-bond donors (Lipinski definition) is 1. The minimum atomic E-state index is -0.641. The predicted molar refractivity (Wildman–Crippen MR) is 67.1 cm³/mol. The maximum absolute atomic E-state index is 11.8. The van der Waals surface area contributed by atoms with E-state index in [1.807, 2.05) is 27.7 Å². The summed E-state index contributed by atoms with van der Waals surface area (Å²) < 4.78 is 5.26. The number of rotatable bonds is 7. The number of hydrogen-bond acceptors (Lipinski definition) is 3. The fraction of sp³-hybridized carbons (Fsp3) is 0.923. The Kier molecular flexibility index (Phi) is 6.01. The largest absolute Gasteiger partial charge is 0.465 e. The van der Waals surface area contributed by atoms with Crippen molar-refractivity contribution < 1.29 is 9.53 Å². The smallest absolute Gasteiger partial charge is 0.313 e. The molecule has 0 aliphatic rings. The minimum absolute atomic E-state index is 0.198. The number of nitrogens with two attached hydrogens (primary N) is 1. The average Bonchev–Trinajstić information content (AvgIpc) is 2.15. The van der Waals surface area contributed by atoms with Crippen molar-refractivity contribution in [3.63, 3.8) is 0 Å². The third-order valence-corrected chi connectivity index (χ3v) is 3.35. The van der Waals surface area contributed by atoms with Gasteiger partial charge in [0.2, 0.25) is 0 Å². The fourth-order valence-electron chi connectivity index (χ4n) is 1.14. The Balaban J connectivity index is 3.98. The van der Waals surface area contributed by atoms with Gasteiger partial charge >= 0.3 is 5.97 Å². The molecule has 0 spiro atoms. The van der Waals surface area contributed by atoms with Gasteiger partial charge in [-0.2, -0.15) is 0 Å². The van der Waals surface area contributed by atoms with Gasteiger partial charge in [0.15, 0.2) is 0 Å². The van der Waals surface area contributed by atoms with E-state index in [1.165, 1.54) is 12.8 Å². The van der Waals surface area contributed by atoms with E-state index in [1.54, 1.807) is 0 Å². The van der Waals surface area contributed by atoms with Crippen molar-refractivity contribution >= 4 is 5.97 Å². The molecule has 0 radical (unpaired) electrons. The molecule has 0 fully saturated rings. The van der Waals surface area contributed by atoms with Gasteiger partial charge in [0.05, 0.1) is 12.0 Å². The van der Waals surface area contributed by atoms with E-state index < -0.39 is 11.0 Å². The van der Waals surface area contributed by atoms with Crippen LogP contribution in [0.25, 0.3) is 0 Å². The normalized spacial score (nSPS) is 12.6. The SMILES string of the molecule is CCCCCCOC(=O)C(C)(C)C(C)(C)N. The average molecular weight is 229 g/mol. The first-order valence-corrected chi connectivity index (χ1v) is 6.19. The fourth-order valence-corrected chi connectivity index (χ4v) is 1.14. The monoisotopic (exact) mass is 229 g/mol. The van der Waals surface area contributed by atoms with Crippen LogP contribution in [0, 0.1) is 5.41 Å². The van der Waals surface area contributed by atoms with Crippen LogP contribution in [0.2, 0.25) is 0 Å². The molecule has 0 saturated heterocycles. The molecule has 0 rings (SSSR count). The van der Waals surface area contributed by atoms with E-state index in [-0.39, 0.29) is 5.97 Å². The molecule has 16 heavy (non-hydrogen) atoms. The van der Waals surface area contributed by atoms with Crippen molar-refractivity contribution in [2.24, 2.45) is 11.1 Å². The predicted octanol–water partition coefficient (Wildman–Crippen LogP) is 2.87. The Morgan fingerprint density at radius 1 is 1.12 bits per heavy atom. The zero-order valence-electron chi connectivity index (χ0n) is 11.4. The highest BCUT2D eigenvalue weighted by molar-refractivity contribution is 5.77. The van der Waals surface area contributed by atoms with Crippen molar-refractivity contribution in [1.82, 2.24) is 0 Å². The van der Waals surface area contributed by atoms with Gasteiger partial charge in [-0.1, -0.05) is 26.2 Å². The van der Waals surface area contributed by atoms with E-state index >= 15 is 0 Å². The third-order valence-electron chi connectivity index (χ3n) is 3.35. The molecular formula is C13H27NO2. The van der Waals surface area contributed by atoms with Crippen molar-refractivity contribution in [3.05, 3.63) is 0 Å². The van der Waals surface area contributed by atoms with Gasteiger partial charge in [-0.3, -0.25) is 4.79 Å². The summed E-state index contributed by atoms with van der Waals surface area (Å²) in [5.74, 6) is -0.198. The van der Waals surface area contributed by atoms with Crippen LogP contribution in [0.3, 0.4) is 0 Å². The maximum atomic E-state index is 11.8. The van der Waals surface area contributed by atoms with Gasteiger partial charge in [0, 0.05) is 5.54 Å². The quantitative estimate of drug-likeness (QED) is 0.539. The van der Waals surface area contributed by atoms with Crippen molar-refractivity contribution in [2.75, 3.05) is 6.61 Å². The summed E-state index contributed by atoms with van der Waals surface area (Å²) in [6, 6.07) is 0. The summed E-state index contributed by atoms with van der Waals surface area (Å²) in [6.45, 7) is 10.0. The highest BCUT2D eigenvalue weighted by Gasteiger charge is 2.41. The van der Waals surface area contributed by atoms with Crippen LogP contribution in [0.4, 0.5) is 0 Å². The summed E-state index contributed by atoms with van der Waals surface area (Å²) in [5.41, 5.74) is 4.76. The van der Waals surface area contributed by atoms with Crippen LogP contribution < -0.4 is 5.73 Å². The molecule has 0 bridgehead atoms. The first-order valence-electron chi connectivity index (χ1n) is 6.19. The number of carbonyl (C=O) groups excluding carboxylic acids is 1. The van der Waals surface area contributed by atoms with Gasteiger partial charge in [0.25, 0.3) is 0 Å². The molecule has 0 aromatic carbocycles. The second-order valence-electron chi connectivity index (χ2n) is 5.54. The summed E-state index contributed by atoms with van der Waals surface area (Å²) in [5, 5.41) is 0. The van der Waals surface area contributed by atoms with Crippen LogP contribution in [0.15, 0.2) is 0 Å². The van der Waals surface area contributed by atoms with E-state index in [2.05, 4.69) is 6.92 Å². The highest BCUT2D eigenvalue weighted by Crippen LogP contribution is 2.29. The number of unbranched alkanes of at least 4 members (excludes halogenated alkanes) is 3. The van der Waals surface area contributed by atoms with Gasteiger partial charge in [-0.15, -0.1) is 0 Å². The Hall–Kier alpha value is -0.570. The van der Waals surface area contributed by atoms with Crippen molar-refractivity contribution in [1.29, 1.82) is 0 Å². The molecule has 96 valence electrons. The lowest BCUT2D eigenvalue weighted by Gasteiger charge is -2.35. The Morgan fingerprint density at radius 2 is 1.69 bits per heavy atom. The van der Waals surface area contributed by atoms with E-state index in [0.29, 0.717) is 6.61 Å². The Bertz CT molecular complexity index is 216. The van der Waals surface area contributed by atoms with Crippen LogP contribution in [0.1, 0.15) is 60.3 Å². The van der Waals surface area contributed by atoms with Crippen molar-refractivity contribution in [2.45, 2.75) is 65.8 Å². The van der Waals surface area contributed by atoms with E-state index in [4.69, 9.17) is 10.5 Å². The molecular weight excluding hydrogens is 202 g/mol. The molecule has 2 N–H and O–H groups in total. The summed E-state index contributed by atoms with van der Waals surface area (Å²) >= 11 is 0. The first-order chi connectivity index (χ1) is 7.23. The molecule has 0 aliphatic carbocycles. The molecule has 0 saturated carbocycles. The lowest BCUT2D eigenvalue weighted by atomic mass is 9.75. The number of ether oxygens (including phenoxy) is 1. The second kappa shape index (κ2) is 6.24. The highest BCUT2D eigenvalue weighted by atomic mass is 16.5. The molecule has 0 aliphatic heterocycles. The summed E-state index contributed by atoms with van der Waals surface area (Å²) in [7, 11) is 0. The molecule has 3 heteroatoms. The van der Waals surface area contributed by atoms with Gasteiger partial charge < -0.3 is 10.5 Å². The molecule has 0 unspecified atom stereocenters. The first kappa shape index (κ1) is 15.4. The molecule has 0 atom stereocenters. The second-order valence-corrected chi connectivity index (χ2v) is 5.54. The summed E-state index contributed by atoms with van der Waals surface area (Å²) in [4.78, 5) is 11.8. The maximum Gasteiger partial charge on any atom is 0.313 e. The standard InChI is InChI=1S/C13H27NO2/c1-6-7-8-9-10-16-11(15)12(2,3)13(4,5)14/h6-10,14H2,1-5H3. The van der Waals surface area contributed by atoms with Crippen LogP contribution in [-0.4, -0.2) is 18.1 Å². The molecule has 0 amide bonds. The van der Waals surface area contributed by atoms with Gasteiger partial charge in [0.1, 0.15) is 0 Å². The summed E-state index contributed by atoms with van der Waals surface area (Å²) in [6.07, 6.45) is 4.45. The zero-order chi connectivity index (χ0) is 12.8. The minimum Gasteiger partial charge on any atom is -0.465 e. The molecule has 0 aromatic heterocycles. The lowest BCUT2D eigenvalue weighted by Crippen LogP contribution is -2.52.